The van der Waals surface area contributed by atoms with Crippen molar-refractivity contribution in [2.75, 3.05) is 33.9 Å². The SMILES string of the molecule is CN(C)C(=O)CN[C@]1(CO)CCOc2ccccc21. The molecule has 0 saturated heterocycles. The van der Waals surface area contributed by atoms with Crippen LogP contribution in [0.2, 0.25) is 0 Å². The lowest BCUT2D eigenvalue weighted by molar-refractivity contribution is -0.128. The van der Waals surface area contributed by atoms with Crippen molar-refractivity contribution in [1.29, 1.82) is 0 Å². The van der Waals surface area contributed by atoms with E-state index in [0.29, 0.717) is 13.0 Å². The number of nitrogens with zero attached hydrogens (tertiary/aromatic N) is 1. The molecule has 1 aromatic carbocycles. The van der Waals surface area contributed by atoms with Gasteiger partial charge in [0.05, 0.1) is 25.3 Å². The number of aliphatic hydroxyl groups is 1. The van der Waals surface area contributed by atoms with Gasteiger partial charge in [0.1, 0.15) is 5.75 Å². The summed E-state index contributed by atoms with van der Waals surface area (Å²) >= 11 is 0. The summed E-state index contributed by atoms with van der Waals surface area (Å²) in [6, 6.07) is 7.62. The van der Waals surface area contributed by atoms with Gasteiger partial charge < -0.3 is 14.7 Å². The van der Waals surface area contributed by atoms with E-state index in [1.807, 2.05) is 24.3 Å². The number of hydrogen-bond acceptors (Lipinski definition) is 4. The highest BCUT2D eigenvalue weighted by atomic mass is 16.5. The maximum absolute atomic E-state index is 11.7. The van der Waals surface area contributed by atoms with Gasteiger partial charge in [-0.1, -0.05) is 18.2 Å². The number of nitrogens with one attached hydrogen (secondary N) is 1. The molecule has 0 unspecified atom stereocenters. The molecule has 2 rings (SSSR count). The van der Waals surface area contributed by atoms with E-state index in [4.69, 9.17) is 4.74 Å². The second kappa shape index (κ2) is 5.59. The van der Waals surface area contributed by atoms with Crippen molar-refractivity contribution in [3.8, 4) is 5.75 Å². The van der Waals surface area contributed by atoms with Crippen molar-refractivity contribution in [3.63, 3.8) is 0 Å². The molecule has 1 atom stereocenters. The van der Waals surface area contributed by atoms with Crippen LogP contribution < -0.4 is 10.1 Å². The van der Waals surface area contributed by atoms with Crippen LogP contribution in [0.5, 0.6) is 5.75 Å². The summed E-state index contributed by atoms with van der Waals surface area (Å²) in [5, 5.41) is 13.0. The Morgan fingerprint density at radius 3 is 2.89 bits per heavy atom. The normalized spacial score (nSPS) is 21.4. The van der Waals surface area contributed by atoms with E-state index in [0.717, 1.165) is 11.3 Å². The zero-order chi connectivity index (χ0) is 13.9. The standard InChI is InChI=1S/C14H20N2O3/c1-16(2)13(18)9-15-14(10-17)7-8-19-12-6-4-3-5-11(12)14/h3-6,15,17H,7-10H2,1-2H3/t14-/m0/s1. The zero-order valence-corrected chi connectivity index (χ0v) is 11.3. The van der Waals surface area contributed by atoms with Gasteiger partial charge in [-0.2, -0.15) is 0 Å². The molecule has 0 aliphatic carbocycles. The highest BCUT2D eigenvalue weighted by Gasteiger charge is 2.37. The van der Waals surface area contributed by atoms with Crippen LogP contribution in [0.15, 0.2) is 24.3 Å². The lowest BCUT2D eigenvalue weighted by Gasteiger charge is -2.38. The number of para-hydroxylation sites is 1. The Morgan fingerprint density at radius 1 is 1.47 bits per heavy atom. The fourth-order valence-corrected chi connectivity index (χ4v) is 2.26. The summed E-state index contributed by atoms with van der Waals surface area (Å²) in [6.45, 7) is 0.663. The maximum Gasteiger partial charge on any atom is 0.236 e. The first kappa shape index (κ1) is 13.8. The van der Waals surface area contributed by atoms with E-state index >= 15 is 0 Å². The van der Waals surface area contributed by atoms with Crippen LogP contribution in [0.25, 0.3) is 0 Å². The Labute approximate surface area is 113 Å². The van der Waals surface area contributed by atoms with Gasteiger partial charge >= 0.3 is 0 Å². The number of carbonyl (C=O) groups is 1. The molecule has 1 aliphatic rings. The van der Waals surface area contributed by atoms with Crippen LogP contribution in [0, 0.1) is 0 Å². The average molecular weight is 264 g/mol. The molecule has 0 spiro atoms. The number of rotatable bonds is 4. The summed E-state index contributed by atoms with van der Waals surface area (Å²) in [5.74, 6) is 0.754. The highest BCUT2D eigenvalue weighted by Crippen LogP contribution is 2.36. The van der Waals surface area contributed by atoms with Crippen molar-refractivity contribution in [2.24, 2.45) is 0 Å². The Hall–Kier alpha value is -1.59. The number of aliphatic hydroxyl groups excluding tert-OH is 1. The molecule has 0 aromatic heterocycles. The monoisotopic (exact) mass is 264 g/mol. The van der Waals surface area contributed by atoms with Crippen LogP contribution in [0.4, 0.5) is 0 Å². The average Bonchev–Trinajstić information content (AvgIpc) is 2.44. The number of ether oxygens (including phenoxy) is 1. The highest BCUT2D eigenvalue weighted by molar-refractivity contribution is 5.77. The van der Waals surface area contributed by atoms with Gasteiger partial charge in [-0.3, -0.25) is 10.1 Å². The molecule has 0 bridgehead atoms. The van der Waals surface area contributed by atoms with E-state index in [2.05, 4.69) is 5.32 Å². The summed E-state index contributed by atoms with van der Waals surface area (Å²) in [7, 11) is 3.43. The third-order valence-corrected chi connectivity index (χ3v) is 3.54. The maximum atomic E-state index is 11.7. The van der Waals surface area contributed by atoms with Crippen molar-refractivity contribution in [3.05, 3.63) is 29.8 Å². The van der Waals surface area contributed by atoms with Crippen molar-refractivity contribution in [2.45, 2.75) is 12.0 Å². The Bertz CT molecular complexity index is 462. The van der Waals surface area contributed by atoms with E-state index in [-0.39, 0.29) is 19.1 Å². The fraction of sp³-hybridized carbons (Fsp3) is 0.500. The van der Waals surface area contributed by atoms with Crippen molar-refractivity contribution < 1.29 is 14.6 Å². The summed E-state index contributed by atoms with van der Waals surface area (Å²) in [6.07, 6.45) is 0.640. The van der Waals surface area contributed by atoms with Gasteiger partial charge in [-0.05, 0) is 6.07 Å². The zero-order valence-electron chi connectivity index (χ0n) is 11.3. The lowest BCUT2D eigenvalue weighted by atomic mass is 9.85. The van der Waals surface area contributed by atoms with E-state index in [9.17, 15) is 9.90 Å². The second-order valence-electron chi connectivity index (χ2n) is 4.98. The van der Waals surface area contributed by atoms with Crippen LogP contribution >= 0.6 is 0 Å². The van der Waals surface area contributed by atoms with Crippen molar-refractivity contribution >= 4 is 5.91 Å². The number of amides is 1. The minimum Gasteiger partial charge on any atom is -0.493 e. The summed E-state index contributed by atoms with van der Waals surface area (Å²) < 4.78 is 5.59. The van der Waals surface area contributed by atoms with E-state index in [1.54, 1.807) is 14.1 Å². The number of hydrogen-bond donors (Lipinski definition) is 2. The van der Waals surface area contributed by atoms with Gasteiger partial charge in [-0.15, -0.1) is 0 Å². The smallest absolute Gasteiger partial charge is 0.236 e. The quantitative estimate of drug-likeness (QED) is 0.823. The van der Waals surface area contributed by atoms with Crippen LogP contribution in [0.3, 0.4) is 0 Å². The van der Waals surface area contributed by atoms with Crippen molar-refractivity contribution in [1.82, 2.24) is 10.2 Å². The molecule has 0 radical (unpaired) electrons. The number of benzene rings is 1. The van der Waals surface area contributed by atoms with E-state index in [1.165, 1.54) is 4.90 Å². The minimum absolute atomic E-state index is 0.0169. The second-order valence-corrected chi connectivity index (χ2v) is 4.98. The molecule has 104 valence electrons. The molecule has 5 nitrogen and oxygen atoms in total. The molecule has 1 amide bonds. The third-order valence-electron chi connectivity index (χ3n) is 3.54. The van der Waals surface area contributed by atoms with Crippen LogP contribution in [-0.2, 0) is 10.3 Å². The number of likely N-dealkylation sites (N-methyl/N-ethyl adjacent to an activating group) is 1. The first-order valence-electron chi connectivity index (χ1n) is 6.37. The summed E-state index contributed by atoms with van der Waals surface area (Å²) in [5.41, 5.74) is 0.316. The Kier molecular flexibility index (Phi) is 4.07. The molecule has 1 heterocycles. The van der Waals surface area contributed by atoms with Gasteiger partial charge in [0.25, 0.3) is 0 Å². The van der Waals surface area contributed by atoms with Gasteiger partial charge in [0, 0.05) is 26.1 Å². The van der Waals surface area contributed by atoms with Gasteiger partial charge in [0.2, 0.25) is 5.91 Å². The largest absolute Gasteiger partial charge is 0.493 e. The lowest BCUT2D eigenvalue weighted by Crippen LogP contribution is -2.51. The van der Waals surface area contributed by atoms with Gasteiger partial charge in [-0.25, -0.2) is 0 Å². The van der Waals surface area contributed by atoms with Gasteiger partial charge in [0.15, 0.2) is 0 Å². The molecular weight excluding hydrogens is 244 g/mol. The first-order valence-corrected chi connectivity index (χ1v) is 6.37. The summed E-state index contributed by atoms with van der Waals surface area (Å²) in [4.78, 5) is 13.2. The molecule has 1 aromatic rings. The molecule has 1 aliphatic heterocycles. The first-order chi connectivity index (χ1) is 9.09. The Morgan fingerprint density at radius 2 is 2.21 bits per heavy atom. The predicted octanol–water partition coefficient (Wildman–Crippen LogP) is 0.335. The molecule has 0 saturated carbocycles. The molecule has 19 heavy (non-hydrogen) atoms. The van der Waals surface area contributed by atoms with Crippen LogP contribution in [-0.4, -0.2) is 49.8 Å². The van der Waals surface area contributed by atoms with Crippen LogP contribution in [0.1, 0.15) is 12.0 Å². The Balaban J connectivity index is 2.22. The molecular formula is C14H20N2O3. The molecule has 2 N–H and O–H groups in total. The topological polar surface area (TPSA) is 61.8 Å². The predicted molar refractivity (Wildman–Crippen MR) is 72.0 cm³/mol. The minimum atomic E-state index is -0.597. The fourth-order valence-electron chi connectivity index (χ4n) is 2.26. The number of fused-ring (bicyclic) bond motifs is 1. The number of carbonyl (C=O) groups excluding carboxylic acids is 1. The third kappa shape index (κ3) is 2.72. The molecule has 0 fully saturated rings. The molecule has 5 heteroatoms. The van der Waals surface area contributed by atoms with E-state index < -0.39 is 5.54 Å².